The number of unbranched alkanes of at least 4 members (excludes halogenated alkanes) is 2. The van der Waals surface area contributed by atoms with E-state index in [0.29, 0.717) is 71.0 Å². The van der Waals surface area contributed by atoms with E-state index < -0.39 is 42.5 Å². The summed E-state index contributed by atoms with van der Waals surface area (Å²) in [7, 11) is 6.74. The summed E-state index contributed by atoms with van der Waals surface area (Å²) in [6.45, 7) is 19.2. The van der Waals surface area contributed by atoms with Gasteiger partial charge in [-0.25, -0.2) is 0 Å². The molecule has 2 aliphatic heterocycles. The third kappa shape index (κ3) is 21.8. The van der Waals surface area contributed by atoms with Crippen molar-refractivity contribution < 1.29 is 48.1 Å². The molecule has 2 saturated heterocycles. The fourth-order valence-corrected chi connectivity index (χ4v) is 13.0. The first-order chi connectivity index (χ1) is 39.8. The van der Waals surface area contributed by atoms with E-state index in [4.69, 9.17) is 9.47 Å². The lowest BCUT2D eigenvalue weighted by Crippen LogP contribution is -2.60. The lowest BCUT2D eigenvalue weighted by Gasteiger charge is -2.41. The Kier molecular flexibility index (Phi) is 30.3. The van der Waals surface area contributed by atoms with E-state index in [1.165, 1.54) is 5.56 Å². The summed E-state index contributed by atoms with van der Waals surface area (Å²) >= 11 is 0.874. The van der Waals surface area contributed by atoms with Crippen molar-refractivity contribution in [3.05, 3.63) is 77.9 Å². The molecule has 2 fully saturated rings. The Morgan fingerprint density at radius 1 is 0.833 bits per heavy atom. The van der Waals surface area contributed by atoms with E-state index in [2.05, 4.69) is 78.6 Å². The zero-order valence-corrected chi connectivity index (χ0v) is 55.6. The van der Waals surface area contributed by atoms with Crippen LogP contribution < -0.4 is 16.2 Å². The summed E-state index contributed by atoms with van der Waals surface area (Å²) in [5.41, 5.74) is 7.38. The Morgan fingerprint density at radius 3 is 2.04 bits per heavy atom. The summed E-state index contributed by atoms with van der Waals surface area (Å²) in [6, 6.07) is 18.4. The van der Waals surface area contributed by atoms with Crippen LogP contribution in [-0.4, -0.2) is 173 Å². The Morgan fingerprint density at radius 2 is 1.46 bits per heavy atom. The van der Waals surface area contributed by atoms with Crippen LogP contribution in [0.3, 0.4) is 0 Å². The van der Waals surface area contributed by atoms with Crippen molar-refractivity contribution in [3.63, 3.8) is 0 Å². The number of likely N-dealkylation sites (N-methyl/N-ethyl adjacent to an activating group) is 2. The molecule has 11 atom stereocenters. The van der Waals surface area contributed by atoms with Crippen molar-refractivity contribution in [2.24, 2.45) is 35.5 Å². The molecule has 17 nitrogen and oxygen atoms in total. The van der Waals surface area contributed by atoms with E-state index in [0.717, 1.165) is 47.5 Å². The number of nitrogens with one attached hydrogen (secondary N) is 3. The number of hydrogen-bond acceptors (Lipinski definition) is 11. The molecule has 4 rings (SSSR count). The predicted octanol–water partition coefficient (Wildman–Crippen LogP) is 7.80. The van der Waals surface area contributed by atoms with E-state index in [-0.39, 0.29) is 100 Å². The summed E-state index contributed by atoms with van der Waals surface area (Å²) < 4.78 is 12.2. The second kappa shape index (κ2) is 35.6. The van der Waals surface area contributed by atoms with Crippen LogP contribution in [0.2, 0.25) is 4.28 Å². The fourth-order valence-electron chi connectivity index (χ4n) is 12.5. The molecule has 2 aromatic carbocycles. The van der Waals surface area contributed by atoms with E-state index in [1.807, 2.05) is 89.6 Å². The SMILES string of the molecule is CC[C@H](C)[C@@H]([C@@H](CC(=O)N1CCC[C@H]1[C@H](OC)[C@@H](C)C(=O)CCC[C@H](/C=C/c1ccccc1)Cc1ccccc1)OC)N(C)C(=O)[C@@H](NC(=O)[C@H](C(C)C)N(C)CCCC(=O)NNC(=O)CCCCCN1C(=O)CC([C](C)(C)[AlH2])C1O)C(C)C. The number of hydrazine groups is 1. The lowest BCUT2D eigenvalue weighted by molar-refractivity contribution is -0.148. The molecule has 2 aliphatic rings. The number of likely N-dealkylation sites (tertiary alicyclic amines) is 2. The lowest BCUT2D eigenvalue weighted by atomic mass is 9.87. The molecule has 6 amide bonds. The molecule has 0 bridgehead atoms. The topological polar surface area (TPSA) is 207 Å². The maximum Gasteiger partial charge on any atom is 0.245 e. The highest BCUT2D eigenvalue weighted by Crippen LogP contribution is 2.41. The zero-order chi connectivity index (χ0) is 62.3. The minimum absolute atomic E-state index is 0.0112. The number of methoxy groups -OCH3 is 2. The van der Waals surface area contributed by atoms with Gasteiger partial charge >= 0.3 is 0 Å². The van der Waals surface area contributed by atoms with Crippen molar-refractivity contribution in [2.75, 3.05) is 47.9 Å². The first kappa shape index (κ1) is 71.5. The monoisotopic (exact) mass is 1180 g/mol. The number of Topliss-reactive ketones (excluding diaryl/α,β-unsaturated/α-hetero) is 1. The highest BCUT2D eigenvalue weighted by Gasteiger charge is 2.45. The molecular formula is C66H106AlN7O10. The van der Waals surface area contributed by atoms with Crippen molar-refractivity contribution in [1.82, 2.24) is 35.8 Å². The quantitative estimate of drug-likeness (QED) is 0.0294. The number of carbonyl (C=O) groups is 7. The maximum atomic E-state index is 14.8. The van der Waals surface area contributed by atoms with Crippen LogP contribution in [0.1, 0.15) is 163 Å². The summed E-state index contributed by atoms with van der Waals surface area (Å²) in [5, 5.41) is 13.8. The van der Waals surface area contributed by atoms with Crippen LogP contribution in [0, 0.1) is 35.5 Å². The third-order valence-corrected chi connectivity index (χ3v) is 18.5. The standard InChI is InChI=1S/C66H104N7O10.Al.2H/c1-14-47(8)62(55(82-12)43-59(78)72-40-25-32-53(72)63(83-13)48(9)54(74)33-24-31-51(41-50-29-20-16-21-30-50)37-36-49-27-18-15-19-28-49)71(11)66(81)60(45(4)5)67-64(79)61(46(6)7)70(10)38-26-35-57(76)69-68-56(75)34-22-17-23-39-73-58(77)42-52(44(2)3)65(73)80;;;/h15-16,18-21,27-30,36-37,45-48,51-53,55,60-63,65,80H,14,17,22-26,31-35,38-43H2,1-13H3,(H,67,79)(H,68,75)(H,69,76);;;/b37-36+;;;/t47-,48-,51+,52?,53-,55+,60-,61-,62-,63+,65?;;;/m0.../s1. The Hall–Kier alpha value is -4.96. The van der Waals surface area contributed by atoms with Gasteiger partial charge in [0.2, 0.25) is 51.7 Å². The first-order valence-corrected chi connectivity index (χ1v) is 32.3. The number of ether oxygens (including phenoxy) is 2. The number of aliphatic hydroxyl groups excluding tert-OH is 1. The Labute approximate surface area is 511 Å². The highest BCUT2D eigenvalue weighted by atomic mass is 27.0. The molecule has 2 unspecified atom stereocenters. The molecule has 84 heavy (non-hydrogen) atoms. The molecular weight excluding hydrogens is 1080 g/mol. The predicted molar refractivity (Wildman–Crippen MR) is 335 cm³/mol. The number of hydrogen-bond donors (Lipinski definition) is 4. The summed E-state index contributed by atoms with van der Waals surface area (Å²) in [6.07, 6.45) is 10.6. The number of ketones is 1. The van der Waals surface area contributed by atoms with Gasteiger partial charge in [-0.05, 0) is 99.8 Å². The molecule has 4 N–H and O–H groups in total. The van der Waals surface area contributed by atoms with Crippen LogP contribution in [0.25, 0.3) is 6.08 Å². The molecule has 2 heterocycles. The van der Waals surface area contributed by atoms with Crippen molar-refractivity contribution in [1.29, 1.82) is 0 Å². The molecule has 0 radical (unpaired) electrons. The van der Waals surface area contributed by atoms with Crippen molar-refractivity contribution in [2.45, 2.75) is 206 Å². The van der Waals surface area contributed by atoms with Gasteiger partial charge in [-0.3, -0.25) is 49.3 Å². The normalized spacial score (nSPS) is 19.5. The number of amides is 6. The molecule has 0 saturated carbocycles. The van der Waals surface area contributed by atoms with E-state index in [1.54, 1.807) is 31.1 Å². The minimum atomic E-state index is -0.888. The van der Waals surface area contributed by atoms with Crippen LogP contribution >= 0.6 is 0 Å². The zero-order valence-electron chi connectivity index (χ0n) is 53.6. The van der Waals surface area contributed by atoms with Crippen molar-refractivity contribution >= 4 is 63.6 Å². The smallest absolute Gasteiger partial charge is 0.245 e. The Balaban J connectivity index is 1.29. The van der Waals surface area contributed by atoms with Crippen LogP contribution in [0.15, 0.2) is 66.7 Å². The second-order valence-corrected chi connectivity index (χ2v) is 28.3. The van der Waals surface area contributed by atoms with E-state index in [9.17, 15) is 38.7 Å². The van der Waals surface area contributed by atoms with Crippen LogP contribution in [0.5, 0.6) is 0 Å². The molecule has 0 aromatic heterocycles. The van der Waals surface area contributed by atoms with Gasteiger partial charge in [-0.15, -0.1) is 0 Å². The van der Waals surface area contributed by atoms with Gasteiger partial charge in [-0.1, -0.05) is 152 Å². The number of allylic oxidation sites excluding steroid dienone is 1. The molecule has 468 valence electrons. The van der Waals surface area contributed by atoms with Gasteiger partial charge in [-0.2, -0.15) is 0 Å². The van der Waals surface area contributed by atoms with Gasteiger partial charge < -0.3 is 34.6 Å². The number of aliphatic hydroxyl groups is 1. The summed E-state index contributed by atoms with van der Waals surface area (Å²) in [5.74, 6) is -2.07. The maximum absolute atomic E-state index is 14.8. The van der Waals surface area contributed by atoms with Gasteiger partial charge in [0.05, 0.1) is 36.8 Å². The number of carbonyl (C=O) groups excluding carboxylic acids is 7. The Bertz CT molecular complexity index is 2400. The average molecular weight is 1180 g/mol. The van der Waals surface area contributed by atoms with E-state index >= 15 is 0 Å². The molecule has 18 heteroatoms. The second-order valence-electron chi connectivity index (χ2n) is 25.8. The fraction of sp³-hybridized carbons (Fsp3) is 0.682. The number of benzene rings is 2. The van der Waals surface area contributed by atoms with Crippen molar-refractivity contribution in [3.8, 4) is 0 Å². The largest absolute Gasteiger partial charge is 0.379 e. The van der Waals surface area contributed by atoms with Crippen LogP contribution in [0.4, 0.5) is 0 Å². The third-order valence-electron chi connectivity index (χ3n) is 17.7. The highest BCUT2D eigenvalue weighted by molar-refractivity contribution is 6.15. The average Bonchev–Trinajstić information content (AvgIpc) is 3.24. The molecule has 2 aromatic rings. The van der Waals surface area contributed by atoms with Gasteiger partial charge in [0.1, 0.15) is 18.1 Å². The number of rotatable bonds is 36. The minimum Gasteiger partial charge on any atom is -0.379 e. The van der Waals surface area contributed by atoms with Gasteiger partial charge in [0.15, 0.2) is 0 Å². The first-order valence-electron chi connectivity index (χ1n) is 31.3. The summed E-state index contributed by atoms with van der Waals surface area (Å²) in [4.78, 5) is 102. The molecule has 0 aliphatic carbocycles. The van der Waals surface area contributed by atoms with Gasteiger partial charge in [0.25, 0.3) is 0 Å². The van der Waals surface area contributed by atoms with Gasteiger partial charge in [0, 0.05) is 71.9 Å². The number of nitrogens with zero attached hydrogens (tertiary/aromatic N) is 4. The van der Waals surface area contributed by atoms with Crippen LogP contribution in [-0.2, 0) is 49.5 Å². The molecule has 0 spiro atoms.